The summed E-state index contributed by atoms with van der Waals surface area (Å²) in [6.07, 6.45) is -0.777. The van der Waals surface area contributed by atoms with E-state index < -0.39 is 6.09 Å². The van der Waals surface area contributed by atoms with Gasteiger partial charge in [0.2, 0.25) is 0 Å². The van der Waals surface area contributed by atoms with Crippen molar-refractivity contribution in [3.05, 3.63) is 24.0 Å². The zero-order valence-corrected chi connectivity index (χ0v) is 16.5. The Hall–Kier alpha value is -1.74. The Labute approximate surface area is 162 Å². The molecule has 0 unspecified atom stereocenters. The Bertz CT molecular complexity index is 685. The Morgan fingerprint density at radius 1 is 1.46 bits per heavy atom. The molecule has 2 heterocycles. The minimum Gasteiger partial charge on any atom is -0.442 e. The standard InChI is InChI=1S/C17H23FN4O2S2/c1-19-16(25)20(2)10-13-11-22(17(23)24-13)12-3-4-15(14(18)9-12)21-5-7-26-8-6-21/h3-4,9,13H,5-8,10-11H2,1-2H3,(H,19,25)/t13-/m1/s1. The number of hydrogen-bond acceptors (Lipinski definition) is 5. The molecular weight excluding hydrogens is 375 g/mol. The van der Waals surface area contributed by atoms with Gasteiger partial charge in [0.1, 0.15) is 11.9 Å². The quantitative estimate of drug-likeness (QED) is 0.780. The van der Waals surface area contributed by atoms with Gasteiger partial charge in [-0.3, -0.25) is 4.90 Å². The van der Waals surface area contributed by atoms with Gasteiger partial charge in [-0.2, -0.15) is 11.8 Å². The number of carbonyl (C=O) groups excluding carboxylic acids is 1. The van der Waals surface area contributed by atoms with E-state index in [0.29, 0.717) is 29.6 Å². The molecule has 9 heteroatoms. The Balaban J connectivity index is 1.68. The molecule has 1 atom stereocenters. The van der Waals surface area contributed by atoms with Gasteiger partial charge in [-0.25, -0.2) is 9.18 Å². The molecule has 1 amide bonds. The number of halogens is 1. The van der Waals surface area contributed by atoms with Crippen LogP contribution in [-0.4, -0.2) is 74.0 Å². The van der Waals surface area contributed by atoms with Crippen molar-refractivity contribution in [2.24, 2.45) is 0 Å². The second-order valence-electron chi connectivity index (χ2n) is 6.29. The Kier molecular flexibility index (Phi) is 6.08. The largest absolute Gasteiger partial charge is 0.442 e. The third-order valence-corrected chi connectivity index (χ3v) is 5.97. The van der Waals surface area contributed by atoms with Crippen molar-refractivity contribution in [1.29, 1.82) is 0 Å². The van der Waals surface area contributed by atoms with E-state index in [4.69, 9.17) is 17.0 Å². The van der Waals surface area contributed by atoms with Gasteiger partial charge in [0.05, 0.1) is 24.5 Å². The van der Waals surface area contributed by atoms with E-state index >= 15 is 0 Å². The highest BCUT2D eigenvalue weighted by Gasteiger charge is 2.33. The van der Waals surface area contributed by atoms with E-state index in [9.17, 15) is 9.18 Å². The molecule has 2 fully saturated rings. The second-order valence-corrected chi connectivity index (χ2v) is 7.90. The van der Waals surface area contributed by atoms with Crippen LogP contribution in [0.1, 0.15) is 0 Å². The van der Waals surface area contributed by atoms with Crippen molar-refractivity contribution in [2.45, 2.75) is 6.10 Å². The SMILES string of the molecule is CNC(=S)N(C)C[C@@H]1CN(c2ccc(N3CCSCC3)c(F)c2)C(=O)O1. The average Bonchev–Trinajstić information content (AvgIpc) is 3.01. The van der Waals surface area contributed by atoms with Gasteiger partial charge >= 0.3 is 6.09 Å². The number of benzene rings is 1. The second kappa shape index (κ2) is 8.30. The van der Waals surface area contributed by atoms with Crippen LogP contribution in [0.3, 0.4) is 0 Å². The predicted octanol–water partition coefficient (Wildman–Crippen LogP) is 2.14. The molecule has 1 aromatic carbocycles. The van der Waals surface area contributed by atoms with E-state index in [1.165, 1.54) is 11.0 Å². The molecule has 0 aromatic heterocycles. The molecule has 142 valence electrons. The topological polar surface area (TPSA) is 48.0 Å². The fourth-order valence-electron chi connectivity index (χ4n) is 3.13. The number of anilines is 2. The number of ether oxygens (including phenoxy) is 1. The van der Waals surface area contributed by atoms with Crippen LogP contribution in [0.15, 0.2) is 18.2 Å². The van der Waals surface area contributed by atoms with Gasteiger partial charge in [0, 0.05) is 38.7 Å². The molecule has 6 nitrogen and oxygen atoms in total. The van der Waals surface area contributed by atoms with Crippen molar-refractivity contribution in [1.82, 2.24) is 10.2 Å². The summed E-state index contributed by atoms with van der Waals surface area (Å²) in [5.74, 6) is 1.70. The van der Waals surface area contributed by atoms with Crippen molar-refractivity contribution in [3.63, 3.8) is 0 Å². The molecule has 3 rings (SSSR count). The molecule has 1 aromatic rings. The number of rotatable bonds is 4. The maximum Gasteiger partial charge on any atom is 0.414 e. The van der Waals surface area contributed by atoms with Gasteiger partial charge < -0.3 is 19.9 Å². The molecule has 1 N–H and O–H groups in total. The fraction of sp³-hybridized carbons (Fsp3) is 0.529. The van der Waals surface area contributed by atoms with E-state index in [0.717, 1.165) is 24.6 Å². The summed E-state index contributed by atoms with van der Waals surface area (Å²) in [5.41, 5.74) is 1.11. The van der Waals surface area contributed by atoms with Crippen molar-refractivity contribution in [2.75, 3.05) is 61.6 Å². The first-order valence-electron chi connectivity index (χ1n) is 8.53. The number of carbonyl (C=O) groups is 1. The first kappa shape index (κ1) is 19.0. The number of amides is 1. The summed E-state index contributed by atoms with van der Waals surface area (Å²) in [4.78, 5) is 17.5. The lowest BCUT2D eigenvalue weighted by molar-refractivity contribution is 0.130. The van der Waals surface area contributed by atoms with Crippen molar-refractivity contribution < 1.29 is 13.9 Å². The molecular formula is C17H23FN4O2S2. The van der Waals surface area contributed by atoms with E-state index in [1.54, 1.807) is 19.2 Å². The third-order valence-electron chi connectivity index (χ3n) is 4.51. The van der Waals surface area contributed by atoms with Gasteiger partial charge in [-0.1, -0.05) is 0 Å². The van der Waals surface area contributed by atoms with Crippen LogP contribution in [0, 0.1) is 5.82 Å². The number of nitrogens with one attached hydrogen (secondary N) is 1. The minimum absolute atomic E-state index is 0.306. The highest BCUT2D eigenvalue weighted by atomic mass is 32.2. The molecule has 0 saturated carbocycles. The van der Waals surface area contributed by atoms with Gasteiger partial charge in [-0.15, -0.1) is 0 Å². The molecule has 2 saturated heterocycles. The van der Waals surface area contributed by atoms with Crippen molar-refractivity contribution >= 4 is 46.6 Å². The maximum atomic E-state index is 14.6. The molecule has 0 spiro atoms. The van der Waals surface area contributed by atoms with Crippen LogP contribution < -0.4 is 15.1 Å². The molecule has 0 radical (unpaired) electrons. The van der Waals surface area contributed by atoms with Crippen molar-refractivity contribution in [3.8, 4) is 0 Å². The number of nitrogens with zero attached hydrogens (tertiary/aromatic N) is 3. The van der Waals surface area contributed by atoms with Gasteiger partial charge in [0.15, 0.2) is 5.11 Å². The summed E-state index contributed by atoms with van der Waals surface area (Å²) in [6, 6.07) is 4.96. The highest BCUT2D eigenvalue weighted by Crippen LogP contribution is 2.29. The first-order valence-corrected chi connectivity index (χ1v) is 10.1. The third kappa shape index (κ3) is 4.15. The van der Waals surface area contributed by atoms with Crippen LogP contribution in [0.25, 0.3) is 0 Å². The average molecular weight is 399 g/mol. The zero-order chi connectivity index (χ0) is 18.7. The van der Waals surface area contributed by atoms with E-state index in [2.05, 4.69) is 5.32 Å². The summed E-state index contributed by atoms with van der Waals surface area (Å²) >= 11 is 7.04. The summed E-state index contributed by atoms with van der Waals surface area (Å²) < 4.78 is 20.0. The van der Waals surface area contributed by atoms with Crippen LogP contribution in [0.4, 0.5) is 20.6 Å². The van der Waals surface area contributed by atoms with Crippen LogP contribution >= 0.6 is 24.0 Å². The van der Waals surface area contributed by atoms with E-state index in [1.807, 2.05) is 28.6 Å². The van der Waals surface area contributed by atoms with Crippen LogP contribution in [-0.2, 0) is 4.74 Å². The number of hydrogen-bond donors (Lipinski definition) is 1. The lowest BCUT2D eigenvalue weighted by atomic mass is 10.2. The van der Waals surface area contributed by atoms with Crippen LogP contribution in [0.2, 0.25) is 0 Å². The molecule has 26 heavy (non-hydrogen) atoms. The zero-order valence-electron chi connectivity index (χ0n) is 14.9. The normalized spacial score (nSPS) is 20.1. The smallest absolute Gasteiger partial charge is 0.414 e. The Morgan fingerprint density at radius 3 is 2.85 bits per heavy atom. The molecule has 0 bridgehead atoms. The monoisotopic (exact) mass is 398 g/mol. The van der Waals surface area contributed by atoms with Gasteiger partial charge in [0.25, 0.3) is 0 Å². The number of cyclic esters (lactones) is 1. The number of thiocarbonyl (C=S) groups is 1. The summed E-state index contributed by atoms with van der Waals surface area (Å²) in [5, 5.41) is 3.46. The fourth-order valence-corrected chi connectivity index (χ4v) is 4.11. The first-order chi connectivity index (χ1) is 12.5. The van der Waals surface area contributed by atoms with E-state index in [-0.39, 0.29) is 11.9 Å². The minimum atomic E-state index is -0.458. The number of thioether (sulfide) groups is 1. The maximum absolute atomic E-state index is 14.6. The van der Waals surface area contributed by atoms with Gasteiger partial charge in [-0.05, 0) is 30.4 Å². The number of likely N-dealkylation sites (N-methyl/N-ethyl adjacent to an activating group) is 1. The lowest BCUT2D eigenvalue weighted by Gasteiger charge is -2.29. The molecule has 2 aliphatic heterocycles. The molecule has 0 aliphatic carbocycles. The highest BCUT2D eigenvalue weighted by molar-refractivity contribution is 7.99. The molecule has 2 aliphatic rings. The summed E-state index contributed by atoms with van der Waals surface area (Å²) in [7, 11) is 3.58. The van der Waals surface area contributed by atoms with Crippen LogP contribution in [0.5, 0.6) is 0 Å². The predicted molar refractivity (Wildman–Crippen MR) is 108 cm³/mol. The summed E-state index contributed by atoms with van der Waals surface area (Å²) in [6.45, 7) is 2.53. The Morgan fingerprint density at radius 2 is 2.19 bits per heavy atom. The lowest BCUT2D eigenvalue weighted by Crippen LogP contribution is -2.40.